The standard InChI is InChI=1S/C7H8ClN.C2H6/c1-2-7-6(8)4-3-5-9-7;1-2/h3-5H,2H2,1H3;1-2H3. The van der Waals surface area contributed by atoms with Crippen LogP contribution in [-0.4, -0.2) is 4.98 Å². The number of hydrogen-bond donors (Lipinski definition) is 0. The zero-order chi connectivity index (χ0) is 8.69. The molecule has 0 unspecified atom stereocenters. The van der Waals surface area contributed by atoms with Crippen LogP contribution in [-0.2, 0) is 6.42 Å². The summed E-state index contributed by atoms with van der Waals surface area (Å²) in [5, 5.41) is 0.764. The van der Waals surface area contributed by atoms with Crippen molar-refractivity contribution in [2.24, 2.45) is 0 Å². The number of pyridine rings is 1. The third-order valence-corrected chi connectivity index (χ3v) is 1.51. The van der Waals surface area contributed by atoms with E-state index in [1.165, 1.54) is 0 Å². The molecule has 0 spiro atoms. The fraction of sp³-hybridized carbons (Fsp3) is 0.444. The zero-order valence-electron chi connectivity index (χ0n) is 7.26. The van der Waals surface area contributed by atoms with Crippen LogP contribution in [0.3, 0.4) is 0 Å². The first-order valence-electron chi connectivity index (χ1n) is 3.94. The lowest BCUT2D eigenvalue weighted by molar-refractivity contribution is 1.04. The highest BCUT2D eigenvalue weighted by atomic mass is 35.5. The largest absolute Gasteiger partial charge is 0.260 e. The van der Waals surface area contributed by atoms with Crippen molar-refractivity contribution < 1.29 is 0 Å². The van der Waals surface area contributed by atoms with Crippen LogP contribution in [0.15, 0.2) is 18.3 Å². The van der Waals surface area contributed by atoms with Gasteiger partial charge in [0.2, 0.25) is 0 Å². The molecule has 2 heteroatoms. The maximum atomic E-state index is 5.76. The van der Waals surface area contributed by atoms with Crippen LogP contribution in [0.2, 0.25) is 5.02 Å². The number of halogens is 1. The molecule has 0 fully saturated rings. The number of rotatable bonds is 1. The number of aryl methyl sites for hydroxylation is 1. The van der Waals surface area contributed by atoms with Gasteiger partial charge < -0.3 is 0 Å². The van der Waals surface area contributed by atoms with Crippen molar-refractivity contribution in [3.63, 3.8) is 0 Å². The van der Waals surface area contributed by atoms with Gasteiger partial charge >= 0.3 is 0 Å². The van der Waals surface area contributed by atoms with Gasteiger partial charge in [-0.15, -0.1) is 0 Å². The quantitative estimate of drug-likeness (QED) is 0.632. The highest BCUT2D eigenvalue weighted by molar-refractivity contribution is 6.31. The van der Waals surface area contributed by atoms with Crippen LogP contribution in [0.25, 0.3) is 0 Å². The molecule has 0 amide bonds. The Bertz CT molecular complexity index is 199. The molecular formula is C9H14ClN. The molecule has 0 aliphatic heterocycles. The van der Waals surface area contributed by atoms with E-state index in [2.05, 4.69) is 4.98 Å². The minimum absolute atomic E-state index is 0.764. The Morgan fingerprint density at radius 2 is 2.09 bits per heavy atom. The molecule has 1 rings (SSSR count). The molecule has 0 N–H and O–H groups in total. The van der Waals surface area contributed by atoms with E-state index in [1.54, 1.807) is 6.20 Å². The summed E-state index contributed by atoms with van der Waals surface area (Å²) in [6.07, 6.45) is 2.66. The summed E-state index contributed by atoms with van der Waals surface area (Å²) in [5.74, 6) is 0. The third-order valence-electron chi connectivity index (χ3n) is 1.17. The maximum Gasteiger partial charge on any atom is 0.0621 e. The van der Waals surface area contributed by atoms with Crippen molar-refractivity contribution in [3.8, 4) is 0 Å². The third kappa shape index (κ3) is 3.38. The van der Waals surface area contributed by atoms with Crippen LogP contribution >= 0.6 is 11.6 Å². The Balaban J connectivity index is 0.000000461. The molecule has 0 atom stereocenters. The van der Waals surface area contributed by atoms with Crippen molar-refractivity contribution in [2.45, 2.75) is 27.2 Å². The minimum Gasteiger partial charge on any atom is -0.260 e. The highest BCUT2D eigenvalue weighted by Gasteiger charge is 1.93. The summed E-state index contributed by atoms with van der Waals surface area (Å²) >= 11 is 5.76. The van der Waals surface area contributed by atoms with Gasteiger partial charge in [0.05, 0.1) is 10.7 Å². The van der Waals surface area contributed by atoms with E-state index in [4.69, 9.17) is 11.6 Å². The van der Waals surface area contributed by atoms with E-state index >= 15 is 0 Å². The Kier molecular flexibility index (Phi) is 5.86. The fourth-order valence-electron chi connectivity index (χ4n) is 0.679. The van der Waals surface area contributed by atoms with E-state index in [-0.39, 0.29) is 0 Å². The lowest BCUT2D eigenvalue weighted by Crippen LogP contribution is -1.84. The second-order valence-corrected chi connectivity index (χ2v) is 2.19. The molecule has 0 aliphatic rings. The molecule has 62 valence electrons. The second-order valence-electron chi connectivity index (χ2n) is 1.79. The van der Waals surface area contributed by atoms with Gasteiger partial charge in [-0.05, 0) is 18.6 Å². The first-order chi connectivity index (χ1) is 5.34. The molecule has 0 aliphatic carbocycles. The van der Waals surface area contributed by atoms with Crippen LogP contribution in [0, 0.1) is 0 Å². The average Bonchev–Trinajstić information content (AvgIpc) is 2.09. The summed E-state index contributed by atoms with van der Waals surface area (Å²) in [6, 6.07) is 3.69. The van der Waals surface area contributed by atoms with Gasteiger partial charge in [-0.25, -0.2) is 0 Å². The Labute approximate surface area is 73.4 Å². The fourth-order valence-corrected chi connectivity index (χ4v) is 0.934. The Hall–Kier alpha value is -0.560. The van der Waals surface area contributed by atoms with Crippen molar-refractivity contribution in [3.05, 3.63) is 29.0 Å². The normalized spacial score (nSPS) is 8.36. The van der Waals surface area contributed by atoms with Crippen molar-refractivity contribution in [2.75, 3.05) is 0 Å². The van der Waals surface area contributed by atoms with Crippen molar-refractivity contribution >= 4 is 11.6 Å². The summed E-state index contributed by atoms with van der Waals surface area (Å²) in [6.45, 7) is 6.04. The molecular weight excluding hydrogens is 158 g/mol. The highest BCUT2D eigenvalue weighted by Crippen LogP contribution is 2.11. The minimum atomic E-state index is 0.764. The molecule has 0 saturated heterocycles. The molecule has 1 aromatic heterocycles. The number of aromatic nitrogens is 1. The molecule has 0 aromatic carbocycles. The summed E-state index contributed by atoms with van der Waals surface area (Å²) in [5.41, 5.74) is 0.971. The molecule has 1 heterocycles. The van der Waals surface area contributed by atoms with E-state index in [9.17, 15) is 0 Å². The lowest BCUT2D eigenvalue weighted by Gasteiger charge is -1.95. The first kappa shape index (κ1) is 10.4. The predicted octanol–water partition coefficient (Wildman–Crippen LogP) is 3.32. The average molecular weight is 172 g/mol. The lowest BCUT2D eigenvalue weighted by atomic mass is 10.3. The summed E-state index contributed by atoms with van der Waals surface area (Å²) in [4.78, 5) is 4.06. The SMILES string of the molecule is CC.CCc1ncccc1Cl. The summed E-state index contributed by atoms with van der Waals surface area (Å²) < 4.78 is 0. The van der Waals surface area contributed by atoms with Gasteiger partial charge in [-0.3, -0.25) is 4.98 Å². The van der Waals surface area contributed by atoms with Crippen molar-refractivity contribution in [1.82, 2.24) is 4.98 Å². The van der Waals surface area contributed by atoms with E-state index in [0.717, 1.165) is 17.1 Å². The monoisotopic (exact) mass is 171 g/mol. The van der Waals surface area contributed by atoms with Crippen LogP contribution in [0.1, 0.15) is 26.5 Å². The van der Waals surface area contributed by atoms with Gasteiger partial charge in [0.1, 0.15) is 0 Å². The summed E-state index contributed by atoms with van der Waals surface area (Å²) in [7, 11) is 0. The molecule has 0 saturated carbocycles. The molecule has 1 aromatic rings. The Morgan fingerprint density at radius 3 is 2.45 bits per heavy atom. The molecule has 1 nitrogen and oxygen atoms in total. The maximum absolute atomic E-state index is 5.76. The van der Waals surface area contributed by atoms with Gasteiger partial charge in [0.25, 0.3) is 0 Å². The van der Waals surface area contributed by atoms with Gasteiger partial charge in [-0.1, -0.05) is 32.4 Å². The number of nitrogens with zero attached hydrogens (tertiary/aromatic N) is 1. The predicted molar refractivity (Wildman–Crippen MR) is 50.0 cm³/mol. The van der Waals surface area contributed by atoms with E-state index in [1.807, 2.05) is 32.9 Å². The van der Waals surface area contributed by atoms with E-state index < -0.39 is 0 Å². The van der Waals surface area contributed by atoms with Gasteiger partial charge in [0, 0.05) is 6.20 Å². The topological polar surface area (TPSA) is 12.9 Å². The zero-order valence-corrected chi connectivity index (χ0v) is 8.02. The van der Waals surface area contributed by atoms with Crippen LogP contribution in [0.5, 0.6) is 0 Å². The van der Waals surface area contributed by atoms with Crippen LogP contribution < -0.4 is 0 Å². The molecule has 0 radical (unpaired) electrons. The molecule has 0 bridgehead atoms. The first-order valence-corrected chi connectivity index (χ1v) is 4.31. The van der Waals surface area contributed by atoms with Crippen molar-refractivity contribution in [1.29, 1.82) is 0 Å². The van der Waals surface area contributed by atoms with Gasteiger partial charge in [0.15, 0.2) is 0 Å². The second kappa shape index (κ2) is 6.17. The Morgan fingerprint density at radius 1 is 1.45 bits per heavy atom. The number of hydrogen-bond acceptors (Lipinski definition) is 1. The smallest absolute Gasteiger partial charge is 0.0621 e. The molecule has 11 heavy (non-hydrogen) atoms. The van der Waals surface area contributed by atoms with Crippen LogP contribution in [0.4, 0.5) is 0 Å². The van der Waals surface area contributed by atoms with Gasteiger partial charge in [-0.2, -0.15) is 0 Å². The van der Waals surface area contributed by atoms with E-state index in [0.29, 0.717) is 0 Å².